The van der Waals surface area contributed by atoms with Crippen LogP contribution < -0.4 is 5.32 Å². The number of carbonyl (C=O) groups excluding carboxylic acids is 1. The third-order valence-corrected chi connectivity index (χ3v) is 2.70. The van der Waals surface area contributed by atoms with Crippen LogP contribution >= 0.6 is 0 Å². The van der Waals surface area contributed by atoms with Gasteiger partial charge in [0.05, 0.1) is 6.10 Å². The monoisotopic (exact) mass is 249 g/mol. The molecule has 0 aliphatic carbocycles. The van der Waals surface area contributed by atoms with E-state index in [-0.39, 0.29) is 0 Å². The highest BCUT2D eigenvalue weighted by Gasteiger charge is 2.17. The molecule has 0 radical (unpaired) electrons. The van der Waals surface area contributed by atoms with Crippen molar-refractivity contribution in [3.05, 3.63) is 41.5 Å². The van der Waals surface area contributed by atoms with Crippen LogP contribution in [0, 0.1) is 0 Å². The van der Waals surface area contributed by atoms with E-state index in [4.69, 9.17) is 0 Å². The fourth-order valence-electron chi connectivity index (χ4n) is 1.63. The Labute approximate surface area is 107 Å². The Morgan fingerprint density at radius 3 is 2.50 bits per heavy atom. The number of aldehydes is 1. The molecule has 4 heteroatoms. The Morgan fingerprint density at radius 1 is 1.28 bits per heavy atom. The van der Waals surface area contributed by atoms with Gasteiger partial charge in [-0.2, -0.15) is 0 Å². The summed E-state index contributed by atoms with van der Waals surface area (Å²) in [4.78, 5) is 10.2. The highest BCUT2D eigenvalue weighted by molar-refractivity contribution is 5.73. The number of rotatable bonds is 7. The van der Waals surface area contributed by atoms with Gasteiger partial charge >= 0.3 is 0 Å². The first kappa shape index (κ1) is 14.6. The molecule has 0 fully saturated rings. The summed E-state index contributed by atoms with van der Waals surface area (Å²) in [5.41, 5.74) is 1.55. The molecule has 1 rings (SSSR count). The van der Waals surface area contributed by atoms with Crippen molar-refractivity contribution in [1.29, 1.82) is 0 Å². The molecule has 0 aromatic heterocycles. The first-order valence-corrected chi connectivity index (χ1v) is 5.91. The molecule has 0 heterocycles. The first-order valence-electron chi connectivity index (χ1n) is 5.91. The molecule has 0 spiro atoms. The van der Waals surface area contributed by atoms with E-state index in [0.717, 1.165) is 5.56 Å². The van der Waals surface area contributed by atoms with Crippen LogP contribution in [-0.4, -0.2) is 36.2 Å². The molecule has 18 heavy (non-hydrogen) atoms. The number of hydrogen-bond donors (Lipinski definition) is 3. The molecule has 3 N–H and O–H groups in total. The van der Waals surface area contributed by atoms with Gasteiger partial charge in [0, 0.05) is 0 Å². The highest BCUT2D eigenvalue weighted by Crippen LogP contribution is 2.19. The number of hydrogen-bond acceptors (Lipinski definition) is 4. The molecular formula is C14H19NO3. The Morgan fingerprint density at radius 2 is 1.94 bits per heavy atom. The van der Waals surface area contributed by atoms with Crippen LogP contribution in [0.1, 0.15) is 23.7 Å². The molecule has 0 aliphatic rings. The summed E-state index contributed by atoms with van der Waals surface area (Å²) in [6, 6.07) is 7.09. The predicted molar refractivity (Wildman–Crippen MR) is 71.1 cm³/mol. The van der Waals surface area contributed by atoms with Gasteiger partial charge in [-0.1, -0.05) is 30.3 Å². The molecule has 0 bridgehead atoms. The van der Waals surface area contributed by atoms with E-state index in [0.29, 0.717) is 24.8 Å². The van der Waals surface area contributed by atoms with E-state index >= 15 is 0 Å². The van der Waals surface area contributed by atoms with Crippen LogP contribution in [0.2, 0.25) is 0 Å². The van der Waals surface area contributed by atoms with E-state index < -0.39 is 12.2 Å². The molecule has 0 amide bonds. The molecule has 0 aliphatic heterocycles. The summed E-state index contributed by atoms with van der Waals surface area (Å²) < 4.78 is 0. The minimum absolute atomic E-state index is 0.491. The first-order chi connectivity index (χ1) is 8.69. The molecule has 0 saturated heterocycles. The minimum Gasteiger partial charge on any atom is -0.390 e. The minimum atomic E-state index is -0.887. The largest absolute Gasteiger partial charge is 0.390 e. The van der Waals surface area contributed by atoms with Gasteiger partial charge in [-0.15, -0.1) is 0 Å². The van der Waals surface area contributed by atoms with Crippen LogP contribution in [0.4, 0.5) is 0 Å². The zero-order chi connectivity index (χ0) is 13.4. The molecular weight excluding hydrogens is 230 g/mol. The molecule has 98 valence electrons. The maximum atomic E-state index is 10.2. The second kappa shape index (κ2) is 7.76. The Kier molecular flexibility index (Phi) is 6.28. The van der Waals surface area contributed by atoms with Gasteiger partial charge in [-0.05, 0) is 37.2 Å². The van der Waals surface area contributed by atoms with Crippen molar-refractivity contribution in [2.24, 2.45) is 0 Å². The molecule has 4 nitrogen and oxygen atoms in total. The van der Waals surface area contributed by atoms with Gasteiger partial charge in [0.1, 0.15) is 12.4 Å². The zero-order valence-electron chi connectivity index (χ0n) is 10.4. The lowest BCUT2D eigenvalue weighted by Gasteiger charge is -2.18. The van der Waals surface area contributed by atoms with Gasteiger partial charge in [0.2, 0.25) is 0 Å². The Hall–Kier alpha value is -1.49. The quantitative estimate of drug-likeness (QED) is 0.496. The zero-order valence-corrected chi connectivity index (χ0v) is 10.4. The van der Waals surface area contributed by atoms with E-state index in [1.165, 1.54) is 6.08 Å². The van der Waals surface area contributed by atoms with Crippen LogP contribution in [-0.2, 0) is 4.79 Å². The smallest absolute Gasteiger partial charge is 0.142 e. The lowest BCUT2D eigenvalue weighted by molar-refractivity contribution is -0.104. The molecule has 2 atom stereocenters. The molecule has 2 unspecified atom stereocenters. The van der Waals surface area contributed by atoms with Gasteiger partial charge in [0.15, 0.2) is 0 Å². The third kappa shape index (κ3) is 4.41. The second-order valence-corrected chi connectivity index (χ2v) is 4.07. The van der Waals surface area contributed by atoms with E-state index in [2.05, 4.69) is 5.32 Å². The Bertz CT molecular complexity index is 387. The van der Waals surface area contributed by atoms with Gasteiger partial charge in [0.25, 0.3) is 0 Å². The number of aliphatic hydroxyl groups is 2. The summed E-state index contributed by atoms with van der Waals surface area (Å²) >= 11 is 0. The van der Waals surface area contributed by atoms with Crippen molar-refractivity contribution in [2.75, 3.05) is 13.6 Å². The average Bonchev–Trinajstić information content (AvgIpc) is 2.42. The topological polar surface area (TPSA) is 69.6 Å². The van der Waals surface area contributed by atoms with Gasteiger partial charge < -0.3 is 15.5 Å². The van der Waals surface area contributed by atoms with Crippen LogP contribution in [0.15, 0.2) is 30.3 Å². The fraction of sp³-hybridized carbons (Fsp3) is 0.357. The van der Waals surface area contributed by atoms with Crippen LogP contribution in [0.5, 0.6) is 0 Å². The fourth-order valence-corrected chi connectivity index (χ4v) is 1.63. The van der Waals surface area contributed by atoms with E-state index in [1.54, 1.807) is 37.4 Å². The number of aliphatic hydroxyl groups excluding tert-OH is 2. The maximum Gasteiger partial charge on any atom is 0.142 e. The highest BCUT2D eigenvalue weighted by atomic mass is 16.3. The standard InChI is InChI=1S/C14H19NO3/c1-15-9-8-13(17)14(18)12-6-4-11(5-7-12)3-2-10-16/h2-7,10,13-15,17-18H,8-9H2,1H3/b3-2+. The second-order valence-electron chi connectivity index (χ2n) is 4.07. The summed E-state index contributed by atoms with van der Waals surface area (Å²) in [6.45, 7) is 0.651. The van der Waals surface area contributed by atoms with Crippen LogP contribution in [0.3, 0.4) is 0 Å². The van der Waals surface area contributed by atoms with Crippen molar-refractivity contribution in [2.45, 2.75) is 18.6 Å². The lowest BCUT2D eigenvalue weighted by atomic mass is 10.0. The normalized spacial score (nSPS) is 14.6. The van der Waals surface area contributed by atoms with Gasteiger partial charge in [-0.3, -0.25) is 4.79 Å². The van der Waals surface area contributed by atoms with Gasteiger partial charge in [-0.25, -0.2) is 0 Å². The molecule has 1 aromatic rings. The maximum absolute atomic E-state index is 10.2. The summed E-state index contributed by atoms with van der Waals surface area (Å²) in [7, 11) is 1.80. The van der Waals surface area contributed by atoms with E-state index in [1.807, 2.05) is 0 Å². The molecule has 1 aromatic carbocycles. The van der Waals surface area contributed by atoms with Crippen molar-refractivity contribution in [1.82, 2.24) is 5.32 Å². The number of carbonyl (C=O) groups is 1. The Balaban J connectivity index is 2.66. The van der Waals surface area contributed by atoms with Crippen LogP contribution in [0.25, 0.3) is 6.08 Å². The summed E-state index contributed by atoms with van der Waals surface area (Å²) in [5.74, 6) is 0. The summed E-state index contributed by atoms with van der Waals surface area (Å²) in [6.07, 6.45) is 2.62. The summed E-state index contributed by atoms with van der Waals surface area (Å²) in [5, 5.41) is 22.6. The SMILES string of the molecule is CNCCC(O)C(O)c1ccc(/C=C/C=O)cc1. The van der Waals surface area contributed by atoms with Crippen molar-refractivity contribution in [3.63, 3.8) is 0 Å². The van der Waals surface area contributed by atoms with Crippen molar-refractivity contribution in [3.8, 4) is 0 Å². The number of nitrogens with one attached hydrogen (secondary N) is 1. The van der Waals surface area contributed by atoms with Crippen molar-refractivity contribution >= 4 is 12.4 Å². The number of benzene rings is 1. The average molecular weight is 249 g/mol. The predicted octanol–water partition coefficient (Wildman–Crippen LogP) is 0.903. The van der Waals surface area contributed by atoms with E-state index in [9.17, 15) is 15.0 Å². The molecule has 0 saturated carbocycles. The lowest BCUT2D eigenvalue weighted by Crippen LogP contribution is -2.23. The number of allylic oxidation sites excluding steroid dienone is 1. The third-order valence-electron chi connectivity index (χ3n) is 2.70. The van der Waals surface area contributed by atoms with Crippen molar-refractivity contribution < 1.29 is 15.0 Å².